The van der Waals surface area contributed by atoms with E-state index < -0.39 is 18.0 Å². The smallest absolute Gasteiger partial charge is 0.338 e. The maximum atomic E-state index is 12.6. The van der Waals surface area contributed by atoms with E-state index in [1.54, 1.807) is 24.3 Å². The number of benzene rings is 2. The predicted molar refractivity (Wildman–Crippen MR) is 104 cm³/mol. The molecule has 8 heteroatoms. The molecule has 2 aromatic rings. The number of carbonyl (C=O) groups is 2. The number of amides is 2. The van der Waals surface area contributed by atoms with Gasteiger partial charge in [0.25, 0.3) is 0 Å². The molecule has 0 radical (unpaired) electrons. The molecule has 1 unspecified atom stereocenters. The van der Waals surface area contributed by atoms with E-state index in [0.717, 1.165) is 0 Å². The number of ether oxygens (including phenoxy) is 3. The van der Waals surface area contributed by atoms with Crippen LogP contribution < -0.4 is 20.1 Å². The SMILES string of the molecule is COC(=O)C1=C(c2ccccc2)NC(=O)NC1c1cc(Cl)c(OC)c(OC)c1. The first kappa shape index (κ1) is 19.6. The third kappa shape index (κ3) is 3.61. The Kier molecular flexibility index (Phi) is 5.75. The molecule has 146 valence electrons. The summed E-state index contributed by atoms with van der Waals surface area (Å²) in [7, 11) is 4.24. The number of halogens is 1. The second kappa shape index (κ2) is 8.22. The summed E-state index contributed by atoms with van der Waals surface area (Å²) in [5.41, 5.74) is 1.84. The van der Waals surface area contributed by atoms with Gasteiger partial charge in [0.05, 0.1) is 43.7 Å². The number of carbonyl (C=O) groups excluding carboxylic acids is 2. The Morgan fingerprint density at radius 1 is 1.07 bits per heavy atom. The molecule has 0 aromatic heterocycles. The maximum absolute atomic E-state index is 12.6. The van der Waals surface area contributed by atoms with Crippen LogP contribution in [0.3, 0.4) is 0 Å². The second-order valence-electron chi connectivity index (χ2n) is 5.92. The highest BCUT2D eigenvalue weighted by atomic mass is 35.5. The molecule has 2 amide bonds. The summed E-state index contributed by atoms with van der Waals surface area (Å²) in [6, 6.07) is 11.1. The summed E-state index contributed by atoms with van der Waals surface area (Å²) in [6.07, 6.45) is 0. The molecule has 28 heavy (non-hydrogen) atoms. The van der Waals surface area contributed by atoms with Gasteiger partial charge in [-0.3, -0.25) is 0 Å². The van der Waals surface area contributed by atoms with E-state index >= 15 is 0 Å². The van der Waals surface area contributed by atoms with Crippen LogP contribution in [0.4, 0.5) is 4.79 Å². The maximum Gasteiger partial charge on any atom is 0.338 e. The van der Waals surface area contributed by atoms with Crippen molar-refractivity contribution in [2.45, 2.75) is 6.04 Å². The first-order valence-electron chi connectivity index (χ1n) is 8.37. The minimum atomic E-state index is -0.797. The van der Waals surface area contributed by atoms with Crippen LogP contribution in [0, 0.1) is 0 Å². The van der Waals surface area contributed by atoms with Gasteiger partial charge in [0.15, 0.2) is 11.5 Å². The minimum Gasteiger partial charge on any atom is -0.493 e. The third-order valence-electron chi connectivity index (χ3n) is 4.33. The van der Waals surface area contributed by atoms with E-state index in [-0.39, 0.29) is 10.6 Å². The van der Waals surface area contributed by atoms with Crippen LogP contribution in [0.15, 0.2) is 48.0 Å². The number of hydrogen-bond acceptors (Lipinski definition) is 5. The van der Waals surface area contributed by atoms with Crippen molar-refractivity contribution in [2.24, 2.45) is 0 Å². The Morgan fingerprint density at radius 2 is 1.79 bits per heavy atom. The molecule has 0 saturated carbocycles. The lowest BCUT2D eigenvalue weighted by Crippen LogP contribution is -2.45. The predicted octanol–water partition coefficient (Wildman–Crippen LogP) is 3.30. The normalized spacial score (nSPS) is 16.1. The molecule has 1 aliphatic rings. The Morgan fingerprint density at radius 3 is 2.39 bits per heavy atom. The molecule has 1 heterocycles. The Bertz CT molecular complexity index is 943. The van der Waals surface area contributed by atoms with Crippen molar-refractivity contribution >= 4 is 29.3 Å². The molecule has 2 N–H and O–H groups in total. The van der Waals surface area contributed by atoms with Gasteiger partial charge in [0, 0.05) is 0 Å². The van der Waals surface area contributed by atoms with Crippen molar-refractivity contribution in [1.82, 2.24) is 10.6 Å². The van der Waals surface area contributed by atoms with Gasteiger partial charge >= 0.3 is 12.0 Å². The molecule has 0 aliphatic carbocycles. The zero-order chi connectivity index (χ0) is 20.3. The molecule has 1 atom stereocenters. The Labute approximate surface area is 167 Å². The monoisotopic (exact) mass is 402 g/mol. The summed E-state index contributed by atoms with van der Waals surface area (Å²) in [4.78, 5) is 25.0. The van der Waals surface area contributed by atoms with Crippen LogP contribution in [-0.4, -0.2) is 33.3 Å². The van der Waals surface area contributed by atoms with Crippen molar-refractivity contribution in [1.29, 1.82) is 0 Å². The van der Waals surface area contributed by atoms with Crippen molar-refractivity contribution in [3.8, 4) is 11.5 Å². The molecule has 0 spiro atoms. The number of urea groups is 1. The fraction of sp³-hybridized carbons (Fsp3) is 0.200. The highest BCUT2D eigenvalue weighted by molar-refractivity contribution is 6.32. The fourth-order valence-corrected chi connectivity index (χ4v) is 3.38. The number of hydrogen-bond donors (Lipinski definition) is 2. The first-order chi connectivity index (χ1) is 13.5. The standard InChI is InChI=1S/C20H19ClN2O5/c1-26-14-10-12(9-13(21)18(14)27-2)17-15(19(24)28-3)16(22-20(25)23-17)11-7-5-4-6-8-11/h4-10,17H,1-3H3,(H2,22,23,25). The second-order valence-corrected chi connectivity index (χ2v) is 6.32. The zero-order valence-electron chi connectivity index (χ0n) is 15.5. The highest BCUT2D eigenvalue weighted by Gasteiger charge is 2.35. The number of rotatable bonds is 5. The van der Waals surface area contributed by atoms with E-state index in [4.69, 9.17) is 25.8 Å². The van der Waals surface area contributed by atoms with Crippen LogP contribution in [0.5, 0.6) is 11.5 Å². The fourth-order valence-electron chi connectivity index (χ4n) is 3.08. The summed E-state index contributed by atoms with van der Waals surface area (Å²) >= 11 is 6.32. The molecular weight excluding hydrogens is 384 g/mol. The molecule has 0 bridgehead atoms. The largest absolute Gasteiger partial charge is 0.493 e. The lowest BCUT2D eigenvalue weighted by molar-refractivity contribution is -0.136. The highest BCUT2D eigenvalue weighted by Crippen LogP contribution is 2.40. The molecule has 0 fully saturated rings. The molecule has 3 rings (SSSR count). The molecule has 7 nitrogen and oxygen atoms in total. The summed E-state index contributed by atoms with van der Waals surface area (Å²) in [5.74, 6) is 0.158. The van der Waals surface area contributed by atoms with E-state index in [9.17, 15) is 9.59 Å². The number of methoxy groups -OCH3 is 3. The number of esters is 1. The van der Waals surface area contributed by atoms with Gasteiger partial charge in [0.1, 0.15) is 0 Å². The topological polar surface area (TPSA) is 85.9 Å². The quantitative estimate of drug-likeness (QED) is 0.749. The van der Waals surface area contributed by atoms with Gasteiger partial charge in [-0.05, 0) is 23.3 Å². The van der Waals surface area contributed by atoms with Gasteiger partial charge in [0.2, 0.25) is 0 Å². The lowest BCUT2D eigenvalue weighted by Gasteiger charge is -2.29. The van der Waals surface area contributed by atoms with Crippen molar-refractivity contribution in [3.05, 3.63) is 64.2 Å². The summed E-state index contributed by atoms with van der Waals surface area (Å²) in [6.45, 7) is 0. The minimum absolute atomic E-state index is 0.247. The van der Waals surface area contributed by atoms with E-state index in [0.29, 0.717) is 28.3 Å². The van der Waals surface area contributed by atoms with Gasteiger partial charge in [-0.25, -0.2) is 9.59 Å². The summed E-state index contributed by atoms with van der Waals surface area (Å²) in [5, 5.41) is 5.74. The third-order valence-corrected chi connectivity index (χ3v) is 4.61. The van der Waals surface area contributed by atoms with E-state index in [1.807, 2.05) is 18.2 Å². The Hall–Kier alpha value is -3.19. The van der Waals surface area contributed by atoms with Crippen LogP contribution in [-0.2, 0) is 9.53 Å². The first-order valence-corrected chi connectivity index (χ1v) is 8.74. The van der Waals surface area contributed by atoms with Gasteiger partial charge in [-0.15, -0.1) is 0 Å². The average molecular weight is 403 g/mol. The van der Waals surface area contributed by atoms with Crippen LogP contribution >= 0.6 is 11.6 Å². The molecule has 0 saturated heterocycles. The number of nitrogens with one attached hydrogen (secondary N) is 2. The van der Waals surface area contributed by atoms with E-state index in [1.165, 1.54) is 21.3 Å². The Balaban J connectivity index is 2.22. The van der Waals surface area contributed by atoms with E-state index in [2.05, 4.69) is 10.6 Å². The van der Waals surface area contributed by atoms with Gasteiger partial charge < -0.3 is 24.8 Å². The zero-order valence-corrected chi connectivity index (χ0v) is 16.3. The molecular formula is C20H19ClN2O5. The molecule has 1 aliphatic heterocycles. The van der Waals surface area contributed by atoms with Gasteiger partial charge in [-0.1, -0.05) is 41.9 Å². The summed E-state index contributed by atoms with van der Waals surface area (Å²) < 4.78 is 15.6. The van der Waals surface area contributed by atoms with Crippen molar-refractivity contribution in [3.63, 3.8) is 0 Å². The van der Waals surface area contributed by atoms with Crippen LogP contribution in [0.1, 0.15) is 17.2 Å². The average Bonchev–Trinajstić information content (AvgIpc) is 2.72. The van der Waals surface area contributed by atoms with Gasteiger partial charge in [-0.2, -0.15) is 0 Å². The van der Waals surface area contributed by atoms with Crippen LogP contribution in [0.2, 0.25) is 5.02 Å². The molecule has 2 aromatic carbocycles. The van der Waals surface area contributed by atoms with Crippen molar-refractivity contribution < 1.29 is 23.8 Å². The van der Waals surface area contributed by atoms with Crippen molar-refractivity contribution in [2.75, 3.05) is 21.3 Å². The lowest BCUT2D eigenvalue weighted by atomic mass is 9.92. The van der Waals surface area contributed by atoms with Crippen LogP contribution in [0.25, 0.3) is 5.70 Å².